The van der Waals surface area contributed by atoms with E-state index in [0.717, 1.165) is 31.1 Å². The van der Waals surface area contributed by atoms with Crippen molar-refractivity contribution in [3.8, 4) is 11.5 Å². The number of nitrogens with zero attached hydrogens (tertiary/aromatic N) is 1. The largest absolute Gasteiger partial charge is 0.493 e. The monoisotopic (exact) mass is 325 g/mol. The highest BCUT2D eigenvalue weighted by Gasteiger charge is 2.21. The molecule has 3 rings (SSSR count). The second-order valence-corrected chi connectivity index (χ2v) is 6.48. The van der Waals surface area contributed by atoms with E-state index in [1.807, 2.05) is 0 Å². The topological polar surface area (TPSA) is 21.7 Å². The van der Waals surface area contributed by atoms with Crippen LogP contribution < -0.4 is 9.47 Å². The third kappa shape index (κ3) is 4.09. The highest BCUT2D eigenvalue weighted by molar-refractivity contribution is 5.48. The van der Waals surface area contributed by atoms with Crippen molar-refractivity contribution < 1.29 is 9.47 Å². The second kappa shape index (κ2) is 8.20. The van der Waals surface area contributed by atoms with Gasteiger partial charge in [0.15, 0.2) is 11.5 Å². The van der Waals surface area contributed by atoms with Crippen molar-refractivity contribution in [2.24, 2.45) is 0 Å². The maximum Gasteiger partial charge on any atom is 0.161 e. The molecular formula is C21H27NO2. The SMILES string of the molecule is COc1cc2c(cc1OC)CN(CCCCCc1ccccc1)C2. The Kier molecular flexibility index (Phi) is 5.76. The first kappa shape index (κ1) is 16.8. The molecule has 1 heterocycles. The molecule has 0 fully saturated rings. The molecule has 0 spiro atoms. The Bertz CT molecular complexity index is 621. The maximum absolute atomic E-state index is 5.41. The van der Waals surface area contributed by atoms with Crippen molar-refractivity contribution in [3.63, 3.8) is 0 Å². The maximum atomic E-state index is 5.41. The number of hydrogen-bond donors (Lipinski definition) is 0. The zero-order valence-corrected chi connectivity index (χ0v) is 14.8. The first-order chi connectivity index (χ1) is 11.8. The van der Waals surface area contributed by atoms with Crippen LogP contribution in [0, 0.1) is 0 Å². The first-order valence-corrected chi connectivity index (χ1v) is 8.80. The Hall–Kier alpha value is -2.00. The van der Waals surface area contributed by atoms with Gasteiger partial charge in [0.05, 0.1) is 14.2 Å². The van der Waals surface area contributed by atoms with Crippen molar-refractivity contribution >= 4 is 0 Å². The summed E-state index contributed by atoms with van der Waals surface area (Å²) in [6.07, 6.45) is 5.01. The molecular weight excluding hydrogens is 298 g/mol. The van der Waals surface area contributed by atoms with Crippen molar-refractivity contribution in [2.75, 3.05) is 20.8 Å². The van der Waals surface area contributed by atoms with E-state index in [4.69, 9.17) is 9.47 Å². The molecule has 2 aromatic rings. The molecule has 3 heteroatoms. The van der Waals surface area contributed by atoms with E-state index in [9.17, 15) is 0 Å². The fourth-order valence-corrected chi connectivity index (χ4v) is 3.44. The molecule has 0 saturated heterocycles. The van der Waals surface area contributed by atoms with E-state index in [1.165, 1.54) is 42.4 Å². The Morgan fingerprint density at radius 2 is 1.46 bits per heavy atom. The van der Waals surface area contributed by atoms with Gasteiger partial charge in [0.25, 0.3) is 0 Å². The van der Waals surface area contributed by atoms with Crippen molar-refractivity contribution in [1.29, 1.82) is 0 Å². The lowest BCUT2D eigenvalue weighted by Crippen LogP contribution is -2.17. The highest BCUT2D eigenvalue weighted by Crippen LogP contribution is 2.34. The van der Waals surface area contributed by atoms with E-state index < -0.39 is 0 Å². The smallest absolute Gasteiger partial charge is 0.161 e. The molecule has 0 aliphatic carbocycles. The Labute approximate surface area is 145 Å². The van der Waals surface area contributed by atoms with Crippen LogP contribution in [-0.2, 0) is 19.5 Å². The molecule has 0 bridgehead atoms. The fraction of sp³-hybridized carbons (Fsp3) is 0.429. The molecule has 128 valence electrons. The molecule has 0 atom stereocenters. The number of rotatable bonds is 8. The molecule has 24 heavy (non-hydrogen) atoms. The molecule has 0 unspecified atom stereocenters. The van der Waals surface area contributed by atoms with Gasteiger partial charge in [-0.1, -0.05) is 36.8 Å². The number of methoxy groups -OCH3 is 2. The number of ether oxygens (including phenoxy) is 2. The summed E-state index contributed by atoms with van der Waals surface area (Å²) < 4.78 is 10.8. The Morgan fingerprint density at radius 1 is 0.833 bits per heavy atom. The van der Waals surface area contributed by atoms with Crippen molar-refractivity contribution in [1.82, 2.24) is 4.90 Å². The third-order valence-corrected chi connectivity index (χ3v) is 4.78. The molecule has 0 radical (unpaired) electrons. The summed E-state index contributed by atoms with van der Waals surface area (Å²) in [5.74, 6) is 1.67. The predicted octanol–water partition coefficient (Wildman–Crippen LogP) is 4.43. The average molecular weight is 325 g/mol. The molecule has 0 saturated carbocycles. The van der Waals surface area contributed by atoms with Gasteiger partial charge in [0, 0.05) is 13.1 Å². The quantitative estimate of drug-likeness (QED) is 0.670. The number of unbranched alkanes of at least 4 members (excludes halogenated alkanes) is 2. The normalized spacial score (nSPS) is 13.8. The van der Waals surface area contributed by atoms with Crippen LogP contribution in [0.3, 0.4) is 0 Å². The summed E-state index contributed by atoms with van der Waals surface area (Å²) in [4.78, 5) is 2.52. The third-order valence-electron chi connectivity index (χ3n) is 4.78. The van der Waals surface area contributed by atoms with Gasteiger partial charge in [-0.25, -0.2) is 0 Å². The van der Waals surface area contributed by atoms with E-state index in [-0.39, 0.29) is 0 Å². The summed E-state index contributed by atoms with van der Waals surface area (Å²) in [5.41, 5.74) is 4.19. The lowest BCUT2D eigenvalue weighted by molar-refractivity contribution is 0.276. The summed E-state index contributed by atoms with van der Waals surface area (Å²) in [5, 5.41) is 0. The molecule has 0 N–H and O–H groups in total. The average Bonchev–Trinajstić information content (AvgIpc) is 3.02. The summed E-state index contributed by atoms with van der Waals surface area (Å²) >= 11 is 0. The van der Waals surface area contributed by atoms with Gasteiger partial charge >= 0.3 is 0 Å². The molecule has 2 aromatic carbocycles. The minimum atomic E-state index is 0.834. The minimum absolute atomic E-state index is 0.834. The van der Waals surface area contributed by atoms with E-state index in [1.54, 1.807) is 14.2 Å². The van der Waals surface area contributed by atoms with Crippen LogP contribution in [0.1, 0.15) is 36.0 Å². The summed E-state index contributed by atoms with van der Waals surface area (Å²) in [6.45, 7) is 3.21. The van der Waals surface area contributed by atoms with Gasteiger partial charge in [0.2, 0.25) is 0 Å². The highest BCUT2D eigenvalue weighted by atomic mass is 16.5. The zero-order chi connectivity index (χ0) is 16.8. The van der Waals surface area contributed by atoms with Crippen LogP contribution in [0.2, 0.25) is 0 Å². The minimum Gasteiger partial charge on any atom is -0.493 e. The van der Waals surface area contributed by atoms with Gasteiger partial charge in [-0.05, 0) is 54.6 Å². The molecule has 0 aromatic heterocycles. The summed E-state index contributed by atoms with van der Waals surface area (Å²) in [6, 6.07) is 15.0. The number of benzene rings is 2. The lowest BCUT2D eigenvalue weighted by Gasteiger charge is -2.14. The zero-order valence-electron chi connectivity index (χ0n) is 14.8. The second-order valence-electron chi connectivity index (χ2n) is 6.48. The van der Waals surface area contributed by atoms with Crippen LogP contribution in [0.15, 0.2) is 42.5 Å². The molecule has 1 aliphatic rings. The predicted molar refractivity (Wildman–Crippen MR) is 97.7 cm³/mol. The number of hydrogen-bond acceptors (Lipinski definition) is 3. The Balaban J connectivity index is 1.43. The number of fused-ring (bicyclic) bond motifs is 1. The van der Waals surface area contributed by atoms with Gasteiger partial charge < -0.3 is 9.47 Å². The van der Waals surface area contributed by atoms with Gasteiger partial charge in [0.1, 0.15) is 0 Å². The molecule has 0 amide bonds. The van der Waals surface area contributed by atoms with Crippen molar-refractivity contribution in [2.45, 2.75) is 38.8 Å². The first-order valence-electron chi connectivity index (χ1n) is 8.80. The lowest BCUT2D eigenvalue weighted by atomic mass is 10.1. The van der Waals surface area contributed by atoms with Crippen LogP contribution in [0.5, 0.6) is 11.5 Å². The van der Waals surface area contributed by atoms with Gasteiger partial charge in [-0.2, -0.15) is 0 Å². The fourth-order valence-electron chi connectivity index (χ4n) is 3.44. The van der Waals surface area contributed by atoms with Crippen LogP contribution in [-0.4, -0.2) is 25.7 Å². The van der Waals surface area contributed by atoms with E-state index in [2.05, 4.69) is 47.4 Å². The van der Waals surface area contributed by atoms with Crippen LogP contribution in [0.4, 0.5) is 0 Å². The van der Waals surface area contributed by atoms with Crippen LogP contribution >= 0.6 is 0 Å². The van der Waals surface area contributed by atoms with Gasteiger partial charge in [-0.3, -0.25) is 4.90 Å². The molecule has 1 aliphatic heterocycles. The van der Waals surface area contributed by atoms with Crippen LogP contribution in [0.25, 0.3) is 0 Å². The number of aryl methyl sites for hydroxylation is 1. The standard InChI is InChI=1S/C21H27NO2/c1-23-20-13-18-15-22(16-19(18)14-21(20)24-2)12-8-4-7-11-17-9-5-3-6-10-17/h3,5-6,9-10,13-14H,4,7-8,11-12,15-16H2,1-2H3. The Morgan fingerprint density at radius 3 is 2.04 bits per heavy atom. The summed E-state index contributed by atoms with van der Waals surface area (Å²) in [7, 11) is 3.40. The van der Waals surface area contributed by atoms with Crippen molar-refractivity contribution in [3.05, 3.63) is 59.2 Å². The van der Waals surface area contributed by atoms with E-state index >= 15 is 0 Å². The molecule has 3 nitrogen and oxygen atoms in total. The van der Waals surface area contributed by atoms with Gasteiger partial charge in [-0.15, -0.1) is 0 Å². The van der Waals surface area contributed by atoms with E-state index in [0.29, 0.717) is 0 Å².